The predicted octanol–water partition coefficient (Wildman–Crippen LogP) is 2.05. The molecule has 4 aromatic heterocycles. The summed E-state index contributed by atoms with van der Waals surface area (Å²) < 4.78 is 242. The quantitative estimate of drug-likeness (QED) is 0.204. The van der Waals surface area contributed by atoms with Crippen molar-refractivity contribution >= 4 is 66.7 Å². The molecular weight excluding hydrogens is 700 g/mol. The number of aromatic nitrogens is 6. The molecule has 2 aromatic carbocycles. The summed E-state index contributed by atoms with van der Waals surface area (Å²) in [6.07, 6.45) is -1.94. The van der Waals surface area contributed by atoms with Crippen molar-refractivity contribution in [2.45, 2.75) is 49.2 Å². The molecule has 0 amide bonds. The number of benzene rings is 2. The second-order valence-corrected chi connectivity index (χ2v) is 12.0. The second-order valence-electron chi connectivity index (χ2n) is 9.26. The first kappa shape index (κ1) is 17.6. The van der Waals surface area contributed by atoms with Gasteiger partial charge < -0.3 is 33.9 Å². The van der Waals surface area contributed by atoms with Gasteiger partial charge in [0.15, 0.2) is 5.16 Å². The summed E-state index contributed by atoms with van der Waals surface area (Å²) >= 11 is 0. The molecule has 4 heterocycles. The number of fused-ring (bicyclic) bond motifs is 2. The molecule has 252 valence electrons. The van der Waals surface area contributed by atoms with Gasteiger partial charge in [0.2, 0.25) is 0 Å². The standard InChI is InChI=1S/C17H19N3O3S.C17H18N3O3S.Mg.Na/c2*1-10-8-18-15(11(2)16(10)23-4)9-24(21)17-19-13-6-5-12(22-3)7-14(13)20-17;;/h5-8H,9H2,1-4H3,(H,19,20);5-8H,9H2,1-4H3;;/q;-1;+2;+1/t2*24-;;/m01../s1/i2*1D3,2D3,3D3,4D3,8D;;. The van der Waals surface area contributed by atoms with Crippen LogP contribution < -0.4 is 53.5 Å². The zero-order valence-corrected chi connectivity index (χ0v) is 30.6. The first-order valence-corrected chi connectivity index (χ1v) is 15.5. The third kappa shape index (κ3) is 9.24. The third-order valence-electron chi connectivity index (χ3n) is 6.30. The minimum Gasteiger partial charge on any atom is -0.497 e. The van der Waals surface area contributed by atoms with E-state index in [1.54, 1.807) is 0 Å². The molecule has 1 N–H and O–H groups in total. The Balaban J connectivity index is 0.000000390. The summed E-state index contributed by atoms with van der Waals surface area (Å²) in [4.78, 5) is 22.4. The first-order chi connectivity index (χ1) is 33.3. The number of hydrogen-bond acceptors (Lipinski definition) is 10. The van der Waals surface area contributed by atoms with Gasteiger partial charge in [-0.25, -0.2) is 4.98 Å². The Kier molecular flexibility index (Phi) is 6.51. The molecule has 0 bridgehead atoms. The molecule has 0 aliphatic rings. The van der Waals surface area contributed by atoms with Gasteiger partial charge in [0.05, 0.1) is 103 Å². The van der Waals surface area contributed by atoms with Gasteiger partial charge in [-0.05, 0) is 62.7 Å². The van der Waals surface area contributed by atoms with E-state index in [2.05, 4.69) is 29.9 Å². The Hall–Kier alpha value is -3.05. The van der Waals surface area contributed by atoms with Crippen LogP contribution in [0.5, 0.6) is 23.0 Å². The molecule has 0 fully saturated rings. The summed E-state index contributed by atoms with van der Waals surface area (Å²) in [5.74, 6) is -3.65. The van der Waals surface area contributed by atoms with Gasteiger partial charge in [-0.1, -0.05) is 6.07 Å². The Morgan fingerprint density at radius 3 is 1.96 bits per heavy atom. The van der Waals surface area contributed by atoms with Gasteiger partial charge in [-0.2, -0.15) is 0 Å². The number of ether oxygens (including phenoxy) is 4. The van der Waals surface area contributed by atoms with Gasteiger partial charge in [-0.3, -0.25) is 18.4 Å². The minimum atomic E-state index is -3.27. The van der Waals surface area contributed by atoms with Gasteiger partial charge in [-0.15, -0.1) is 0 Å². The van der Waals surface area contributed by atoms with E-state index in [-0.39, 0.29) is 96.5 Å². The molecule has 0 saturated carbocycles. The number of aromatic amines is 1. The SMILES string of the molecule is [2H]c1nc(C[S@@](=O)c2nc3cc(OC([2H])([2H])[2H])ccc3[n-]2)c(C([2H])([2H])[2H])c(OC([2H])([2H])[2H])c1C([2H])([2H])[2H].[2H]c1nc(C[S@](=O)c2nc3ccc(OC([2H])([2H])[2H])cc3[nH]2)c(C([2H])([2H])[2H])c(OC([2H])([2H])[2H])c1C([2H])([2H])[2H].[Mg+2].[Na+]. The van der Waals surface area contributed by atoms with Crippen molar-refractivity contribution in [2.75, 3.05) is 28.2 Å². The number of methoxy groups -OCH3 is 4. The van der Waals surface area contributed by atoms with Crippen molar-refractivity contribution in [2.24, 2.45) is 0 Å². The van der Waals surface area contributed by atoms with E-state index in [9.17, 15) is 8.42 Å². The fourth-order valence-electron chi connectivity index (χ4n) is 3.99. The van der Waals surface area contributed by atoms with Gasteiger partial charge >= 0.3 is 52.6 Å². The minimum absolute atomic E-state index is 0. The molecule has 6 rings (SSSR count). The predicted molar refractivity (Wildman–Crippen MR) is 191 cm³/mol. The number of hydrogen-bond donors (Lipinski definition) is 1. The Labute approximate surface area is 370 Å². The van der Waals surface area contributed by atoms with Crippen LogP contribution in [-0.4, -0.2) is 84.5 Å². The number of rotatable bonds is 10. The van der Waals surface area contributed by atoms with Crippen LogP contribution in [0.25, 0.3) is 22.1 Å². The van der Waals surface area contributed by atoms with Crippen molar-refractivity contribution < 1.29 is 92.6 Å². The van der Waals surface area contributed by atoms with E-state index in [4.69, 9.17) is 54.6 Å². The zero-order valence-electron chi connectivity index (χ0n) is 51.6. The van der Waals surface area contributed by atoms with Crippen molar-refractivity contribution in [3.8, 4) is 23.0 Å². The molecule has 16 heteroatoms. The maximum atomic E-state index is 13.1. The third-order valence-corrected chi connectivity index (χ3v) is 8.58. The maximum Gasteiger partial charge on any atom is 2.00 e. The normalized spacial score (nSPS) is 21.5. The molecule has 12 nitrogen and oxygen atoms in total. The van der Waals surface area contributed by atoms with Gasteiger partial charge in [0, 0.05) is 62.3 Å². The summed E-state index contributed by atoms with van der Waals surface area (Å²) in [7, 11) is -16.3. The molecule has 0 radical (unpaired) electrons. The van der Waals surface area contributed by atoms with Crippen molar-refractivity contribution in [3.05, 3.63) is 82.4 Å². The van der Waals surface area contributed by atoms with Crippen LogP contribution in [0.4, 0.5) is 0 Å². The zero-order chi connectivity index (χ0) is 56.3. The Bertz CT molecular complexity index is 2910. The number of imidazole rings is 2. The van der Waals surface area contributed by atoms with Crippen molar-refractivity contribution in [1.29, 1.82) is 0 Å². The van der Waals surface area contributed by atoms with Crippen LogP contribution in [0, 0.1) is 27.4 Å². The summed E-state index contributed by atoms with van der Waals surface area (Å²) in [6, 6.07) is 7.95. The molecule has 0 saturated heterocycles. The molecule has 0 aliphatic carbocycles. The fourth-order valence-corrected chi connectivity index (χ4v) is 5.99. The Morgan fingerprint density at radius 2 is 1.36 bits per heavy atom. The largest absolute Gasteiger partial charge is 2.00 e. The summed E-state index contributed by atoms with van der Waals surface area (Å²) in [5.41, 5.74) is -4.06. The fraction of sp³-hybridized carbons (Fsp3) is 0.294. The van der Waals surface area contributed by atoms with Crippen molar-refractivity contribution in [3.63, 3.8) is 0 Å². The van der Waals surface area contributed by atoms with E-state index in [1.807, 2.05) is 0 Å². The van der Waals surface area contributed by atoms with E-state index < -0.39 is 146 Å². The van der Waals surface area contributed by atoms with Crippen LogP contribution in [-0.2, 0) is 33.1 Å². The number of nitrogens with one attached hydrogen (secondary N) is 1. The summed E-state index contributed by atoms with van der Waals surface area (Å²) in [5, 5.41) is -0.479. The molecule has 6 aromatic rings. The smallest absolute Gasteiger partial charge is 0.497 e. The van der Waals surface area contributed by atoms with Crippen LogP contribution in [0.1, 0.15) is 69.3 Å². The van der Waals surface area contributed by atoms with Crippen LogP contribution in [0.3, 0.4) is 0 Å². The van der Waals surface area contributed by atoms with E-state index in [0.717, 1.165) is 0 Å². The average molecular weight is 763 g/mol. The second kappa shape index (κ2) is 18.4. The van der Waals surface area contributed by atoms with E-state index in [0.29, 0.717) is 0 Å². The van der Waals surface area contributed by atoms with Crippen LogP contribution in [0.2, 0.25) is 0 Å². The number of H-pyrrole nitrogens is 1. The van der Waals surface area contributed by atoms with E-state index >= 15 is 0 Å². The van der Waals surface area contributed by atoms with Gasteiger partial charge in [0.1, 0.15) is 23.0 Å². The average Bonchev–Trinajstić information content (AvgIpc) is 3.77. The number of nitrogens with zero attached hydrogens (tertiary/aromatic N) is 5. The topological polar surface area (TPSA) is 153 Å². The van der Waals surface area contributed by atoms with Crippen LogP contribution >= 0.6 is 0 Å². The van der Waals surface area contributed by atoms with Crippen molar-refractivity contribution in [1.82, 2.24) is 29.9 Å². The molecule has 50 heavy (non-hydrogen) atoms. The van der Waals surface area contributed by atoms with Gasteiger partial charge in [0.25, 0.3) is 0 Å². The van der Waals surface area contributed by atoms with Crippen LogP contribution in [0.15, 0.2) is 59.1 Å². The van der Waals surface area contributed by atoms with E-state index in [1.165, 1.54) is 36.4 Å². The summed E-state index contributed by atoms with van der Waals surface area (Å²) in [6.45, 7) is -12.6. The molecule has 2 atom stereocenters. The maximum absolute atomic E-state index is 13.1. The molecule has 0 spiro atoms. The first-order valence-electron chi connectivity index (χ1n) is 25.9. The molecular formula is C34H37MgN6NaO6S2+2. The Morgan fingerprint density at radius 1 is 0.760 bits per heavy atom. The molecule has 0 unspecified atom stereocenters. The number of pyridine rings is 2. The molecule has 0 aliphatic heterocycles. The monoisotopic (exact) mass is 762 g/mol.